The number of methoxy groups -OCH3 is 1. The smallest absolute Gasteiger partial charge is 0.0872 e. The number of hydrogen-bond acceptors (Lipinski definition) is 3. The van der Waals surface area contributed by atoms with Crippen molar-refractivity contribution in [1.29, 1.82) is 0 Å². The molecule has 1 aliphatic rings. The van der Waals surface area contributed by atoms with Gasteiger partial charge in [0.1, 0.15) is 0 Å². The summed E-state index contributed by atoms with van der Waals surface area (Å²) in [6, 6.07) is 10.9. The van der Waals surface area contributed by atoms with Gasteiger partial charge in [-0.25, -0.2) is 0 Å². The molecule has 0 spiro atoms. The van der Waals surface area contributed by atoms with Gasteiger partial charge in [0.05, 0.1) is 17.2 Å². The summed E-state index contributed by atoms with van der Waals surface area (Å²) < 4.78 is 6.02. The van der Waals surface area contributed by atoms with Crippen LogP contribution in [0.15, 0.2) is 36.5 Å². The van der Waals surface area contributed by atoms with Crippen LogP contribution < -0.4 is 5.32 Å². The van der Waals surface area contributed by atoms with E-state index in [4.69, 9.17) is 4.74 Å². The Morgan fingerprint density at radius 1 is 1.19 bits per heavy atom. The molecule has 1 atom stereocenters. The molecule has 1 aromatic heterocycles. The van der Waals surface area contributed by atoms with Crippen LogP contribution in [-0.4, -0.2) is 24.7 Å². The van der Waals surface area contributed by atoms with Crippen molar-refractivity contribution in [3.63, 3.8) is 0 Å². The Balaban J connectivity index is 2.00. The first-order chi connectivity index (χ1) is 10.3. The Morgan fingerprint density at radius 3 is 2.71 bits per heavy atom. The molecular weight excluding hydrogens is 260 g/mol. The van der Waals surface area contributed by atoms with Gasteiger partial charge in [-0.1, -0.05) is 37.5 Å². The van der Waals surface area contributed by atoms with Crippen molar-refractivity contribution in [2.45, 2.75) is 43.7 Å². The third-order valence-electron chi connectivity index (χ3n) is 4.88. The van der Waals surface area contributed by atoms with E-state index in [1.54, 1.807) is 0 Å². The van der Waals surface area contributed by atoms with E-state index >= 15 is 0 Å². The number of benzene rings is 1. The number of nitrogens with one attached hydrogen (secondary N) is 1. The Morgan fingerprint density at radius 2 is 2.00 bits per heavy atom. The van der Waals surface area contributed by atoms with Crippen LogP contribution in [0.3, 0.4) is 0 Å². The maximum absolute atomic E-state index is 6.02. The summed E-state index contributed by atoms with van der Waals surface area (Å²) in [5, 5.41) is 4.68. The Kier molecular flexibility index (Phi) is 4.22. The number of aromatic nitrogens is 1. The molecule has 0 saturated heterocycles. The van der Waals surface area contributed by atoms with Crippen molar-refractivity contribution in [3.05, 3.63) is 42.1 Å². The second-order valence-electron chi connectivity index (χ2n) is 6.01. The first-order valence-electron chi connectivity index (χ1n) is 7.86. The third-order valence-corrected chi connectivity index (χ3v) is 4.88. The first-order valence-corrected chi connectivity index (χ1v) is 7.86. The Hall–Kier alpha value is -1.45. The maximum atomic E-state index is 6.02. The van der Waals surface area contributed by atoms with Crippen LogP contribution in [0.2, 0.25) is 0 Å². The van der Waals surface area contributed by atoms with Crippen LogP contribution in [-0.2, 0) is 4.74 Å². The number of fused-ring (bicyclic) bond motifs is 1. The van der Waals surface area contributed by atoms with Gasteiger partial charge < -0.3 is 10.1 Å². The van der Waals surface area contributed by atoms with E-state index in [-0.39, 0.29) is 11.6 Å². The minimum absolute atomic E-state index is 0.0878. The van der Waals surface area contributed by atoms with E-state index in [9.17, 15) is 0 Å². The largest absolute Gasteiger partial charge is 0.376 e. The molecule has 3 rings (SSSR count). The fraction of sp³-hybridized carbons (Fsp3) is 0.500. The second kappa shape index (κ2) is 6.12. The second-order valence-corrected chi connectivity index (χ2v) is 6.01. The van der Waals surface area contributed by atoms with Gasteiger partial charge in [-0.3, -0.25) is 4.98 Å². The summed E-state index contributed by atoms with van der Waals surface area (Å²) in [6.07, 6.45) is 7.91. The average molecular weight is 284 g/mol. The summed E-state index contributed by atoms with van der Waals surface area (Å²) in [4.78, 5) is 4.48. The quantitative estimate of drug-likeness (QED) is 0.926. The zero-order valence-electron chi connectivity index (χ0n) is 12.9. The van der Waals surface area contributed by atoms with E-state index in [1.807, 2.05) is 26.4 Å². The van der Waals surface area contributed by atoms with E-state index in [1.165, 1.54) is 30.2 Å². The number of pyridine rings is 1. The molecule has 1 saturated carbocycles. The van der Waals surface area contributed by atoms with Gasteiger partial charge in [-0.05, 0) is 37.6 Å². The van der Waals surface area contributed by atoms with E-state index in [0.29, 0.717) is 0 Å². The van der Waals surface area contributed by atoms with Crippen molar-refractivity contribution in [3.8, 4) is 0 Å². The van der Waals surface area contributed by atoms with Crippen molar-refractivity contribution >= 4 is 10.9 Å². The lowest BCUT2D eigenvalue weighted by molar-refractivity contribution is -0.0671. The molecule has 0 radical (unpaired) electrons. The zero-order valence-corrected chi connectivity index (χ0v) is 12.9. The predicted molar refractivity (Wildman–Crippen MR) is 86.4 cm³/mol. The molecule has 1 fully saturated rings. The summed E-state index contributed by atoms with van der Waals surface area (Å²) in [6.45, 7) is 0. The highest BCUT2D eigenvalue weighted by atomic mass is 16.5. The molecule has 1 aliphatic carbocycles. The molecule has 1 heterocycles. The van der Waals surface area contributed by atoms with Crippen molar-refractivity contribution in [1.82, 2.24) is 10.3 Å². The van der Waals surface area contributed by atoms with Crippen LogP contribution in [0.25, 0.3) is 10.9 Å². The predicted octanol–water partition coefficient (Wildman–Crippen LogP) is 3.84. The highest BCUT2D eigenvalue weighted by Crippen LogP contribution is 2.41. The van der Waals surface area contributed by atoms with Gasteiger partial charge in [0.25, 0.3) is 0 Å². The highest BCUT2D eigenvalue weighted by Gasteiger charge is 2.40. The molecule has 2 aromatic rings. The Bertz CT molecular complexity index is 605. The van der Waals surface area contributed by atoms with Gasteiger partial charge in [0.2, 0.25) is 0 Å². The van der Waals surface area contributed by atoms with Gasteiger partial charge in [0, 0.05) is 18.7 Å². The highest BCUT2D eigenvalue weighted by molar-refractivity contribution is 5.79. The lowest BCUT2D eigenvalue weighted by Crippen LogP contribution is -2.46. The summed E-state index contributed by atoms with van der Waals surface area (Å²) in [5.41, 5.74) is 2.24. The normalized spacial score (nSPS) is 19.5. The fourth-order valence-corrected chi connectivity index (χ4v) is 3.76. The molecule has 0 bridgehead atoms. The van der Waals surface area contributed by atoms with Crippen LogP contribution in [0, 0.1) is 0 Å². The van der Waals surface area contributed by atoms with Crippen LogP contribution in [0.4, 0.5) is 0 Å². The van der Waals surface area contributed by atoms with Crippen molar-refractivity contribution in [2.24, 2.45) is 0 Å². The molecule has 3 nitrogen and oxygen atoms in total. The van der Waals surface area contributed by atoms with Gasteiger partial charge in [0.15, 0.2) is 0 Å². The fourth-order valence-electron chi connectivity index (χ4n) is 3.76. The van der Waals surface area contributed by atoms with Crippen molar-refractivity contribution in [2.75, 3.05) is 14.2 Å². The first kappa shape index (κ1) is 14.5. The van der Waals surface area contributed by atoms with Gasteiger partial charge in [-0.15, -0.1) is 0 Å². The molecule has 0 amide bonds. The summed E-state index contributed by atoms with van der Waals surface area (Å²) in [7, 11) is 3.89. The lowest BCUT2D eigenvalue weighted by atomic mass is 9.76. The van der Waals surface area contributed by atoms with Crippen LogP contribution in [0.5, 0.6) is 0 Å². The van der Waals surface area contributed by atoms with Crippen LogP contribution >= 0.6 is 0 Å². The standard InChI is InChI=1S/C18H24N2O/c1-19-17(18(21-2)10-4-3-5-11-18)15-9-8-14-7-6-12-20-16(14)13-15/h6-9,12-13,17,19H,3-5,10-11H2,1-2H3. The molecule has 0 aliphatic heterocycles. The molecule has 1 unspecified atom stereocenters. The number of likely N-dealkylation sites (N-methyl/N-ethyl adjacent to an activating group) is 1. The van der Waals surface area contributed by atoms with E-state index < -0.39 is 0 Å². The molecule has 1 aromatic carbocycles. The number of rotatable bonds is 4. The van der Waals surface area contributed by atoms with Gasteiger partial charge in [-0.2, -0.15) is 0 Å². The number of hydrogen-bond donors (Lipinski definition) is 1. The summed E-state index contributed by atoms with van der Waals surface area (Å²) >= 11 is 0. The SMILES string of the molecule is CNC(c1ccc2cccnc2c1)C1(OC)CCCCC1. The maximum Gasteiger partial charge on any atom is 0.0872 e. The minimum Gasteiger partial charge on any atom is -0.376 e. The number of nitrogens with zero attached hydrogens (tertiary/aromatic N) is 1. The molecule has 21 heavy (non-hydrogen) atoms. The topological polar surface area (TPSA) is 34.2 Å². The molecule has 112 valence electrons. The molecule has 3 heteroatoms. The van der Waals surface area contributed by atoms with Crippen molar-refractivity contribution < 1.29 is 4.74 Å². The third kappa shape index (κ3) is 2.68. The minimum atomic E-state index is -0.0878. The monoisotopic (exact) mass is 284 g/mol. The average Bonchev–Trinajstić information content (AvgIpc) is 2.56. The Labute approximate surface area is 126 Å². The number of ether oxygens (including phenoxy) is 1. The van der Waals surface area contributed by atoms with E-state index in [2.05, 4.69) is 34.6 Å². The zero-order chi connectivity index (χ0) is 14.7. The lowest BCUT2D eigenvalue weighted by Gasteiger charge is -2.42. The van der Waals surface area contributed by atoms with Crippen LogP contribution in [0.1, 0.15) is 43.7 Å². The van der Waals surface area contributed by atoms with E-state index in [0.717, 1.165) is 18.4 Å². The molecule has 1 N–H and O–H groups in total. The summed E-state index contributed by atoms with van der Waals surface area (Å²) in [5.74, 6) is 0. The van der Waals surface area contributed by atoms with Gasteiger partial charge >= 0.3 is 0 Å². The molecular formula is C18H24N2O.